The fourth-order valence-corrected chi connectivity index (χ4v) is 3.27. The van der Waals surface area contributed by atoms with E-state index in [0.717, 1.165) is 38.0 Å². The summed E-state index contributed by atoms with van der Waals surface area (Å²) in [4.78, 5) is 2.23. The molecule has 128 valence electrons. The second kappa shape index (κ2) is 9.11. The zero-order valence-electron chi connectivity index (χ0n) is 13.8. The van der Waals surface area contributed by atoms with E-state index in [1.807, 2.05) is 19.1 Å². The summed E-state index contributed by atoms with van der Waals surface area (Å²) < 4.78 is 20.0. The lowest BCUT2D eigenvalue weighted by Gasteiger charge is -2.29. The highest BCUT2D eigenvalue weighted by Gasteiger charge is 2.23. The van der Waals surface area contributed by atoms with Crippen LogP contribution in [0.5, 0.6) is 0 Å². The van der Waals surface area contributed by atoms with Crippen molar-refractivity contribution in [3.8, 4) is 0 Å². The molecule has 1 aromatic rings. The van der Waals surface area contributed by atoms with Crippen LogP contribution in [0.15, 0.2) is 18.2 Å². The van der Waals surface area contributed by atoms with E-state index in [2.05, 4.69) is 4.90 Å². The molecule has 1 N–H and O–H groups in total. The Morgan fingerprint density at radius 2 is 2.09 bits per heavy atom. The number of nitrogens with one attached hydrogen (secondary N) is 1. The summed E-state index contributed by atoms with van der Waals surface area (Å²) in [7, 11) is 0. The van der Waals surface area contributed by atoms with E-state index in [-0.39, 0.29) is 17.6 Å². The zero-order chi connectivity index (χ0) is 16.7. The molecule has 0 saturated carbocycles. The van der Waals surface area contributed by atoms with Gasteiger partial charge in [0.15, 0.2) is 5.90 Å². The summed E-state index contributed by atoms with van der Waals surface area (Å²) in [5.41, 5.74) is 1.47. The lowest BCUT2D eigenvalue weighted by Crippen LogP contribution is -2.29. The Morgan fingerprint density at radius 1 is 1.35 bits per heavy atom. The van der Waals surface area contributed by atoms with Gasteiger partial charge in [-0.2, -0.15) is 0 Å². The van der Waals surface area contributed by atoms with Crippen LogP contribution < -0.4 is 4.90 Å². The van der Waals surface area contributed by atoms with Crippen LogP contribution in [0.1, 0.15) is 50.5 Å². The molecule has 0 radical (unpaired) electrons. The van der Waals surface area contributed by atoms with Crippen molar-refractivity contribution in [1.29, 1.82) is 5.41 Å². The number of alkyl halides is 1. The van der Waals surface area contributed by atoms with E-state index in [0.29, 0.717) is 24.5 Å². The topological polar surface area (TPSA) is 36.3 Å². The average molecular weight is 341 g/mol. The molecule has 1 unspecified atom stereocenters. The van der Waals surface area contributed by atoms with Gasteiger partial charge in [-0.05, 0) is 51.2 Å². The van der Waals surface area contributed by atoms with E-state index >= 15 is 0 Å². The Bertz CT molecular complexity index is 518. The largest absolute Gasteiger partial charge is 0.481 e. The molecule has 1 aliphatic heterocycles. The van der Waals surface area contributed by atoms with Crippen molar-refractivity contribution in [3.63, 3.8) is 0 Å². The van der Waals surface area contributed by atoms with Gasteiger partial charge >= 0.3 is 0 Å². The molecule has 2 rings (SSSR count). The molecule has 1 heterocycles. The molecule has 3 nitrogen and oxygen atoms in total. The normalized spacial score (nSPS) is 16.2. The average Bonchev–Trinajstić information content (AvgIpc) is 2.57. The first-order valence-corrected chi connectivity index (χ1v) is 9.02. The Hall–Kier alpha value is -1.29. The van der Waals surface area contributed by atoms with E-state index in [4.69, 9.17) is 21.7 Å². The van der Waals surface area contributed by atoms with E-state index in [1.54, 1.807) is 6.07 Å². The van der Waals surface area contributed by atoms with Gasteiger partial charge in [-0.15, -0.1) is 11.6 Å². The highest BCUT2D eigenvalue weighted by molar-refractivity contribution is 6.17. The summed E-state index contributed by atoms with van der Waals surface area (Å²) in [6.07, 6.45) is 4.94. The van der Waals surface area contributed by atoms with Gasteiger partial charge in [-0.3, -0.25) is 5.41 Å². The van der Waals surface area contributed by atoms with Crippen molar-refractivity contribution >= 4 is 23.2 Å². The van der Waals surface area contributed by atoms with Gasteiger partial charge in [0.05, 0.1) is 12.5 Å². The minimum atomic E-state index is -0.357. The molecular weight excluding hydrogens is 315 g/mol. The first-order valence-electron chi connectivity index (χ1n) is 8.49. The number of rotatable bonds is 7. The summed E-state index contributed by atoms with van der Waals surface area (Å²) in [5, 5.41) is 8.07. The quantitative estimate of drug-likeness (QED) is 0.434. The monoisotopic (exact) mass is 340 g/mol. The molecule has 0 bridgehead atoms. The maximum atomic E-state index is 14.7. The predicted octanol–water partition coefficient (Wildman–Crippen LogP) is 4.93. The lowest BCUT2D eigenvalue weighted by atomic mass is 9.93. The van der Waals surface area contributed by atoms with Crippen LogP contribution in [0.4, 0.5) is 10.1 Å². The molecule has 1 saturated heterocycles. The Morgan fingerprint density at radius 3 is 2.70 bits per heavy atom. The van der Waals surface area contributed by atoms with Crippen molar-refractivity contribution in [2.75, 3.05) is 30.5 Å². The molecular formula is C18H26ClFN2O. The SMILES string of the molecule is CCOC(=N)C(CCCCl)c1ccc(N2CCCCC2)cc1F. The molecule has 5 heteroatoms. The number of nitrogens with zero attached hydrogens (tertiary/aromatic N) is 1. The fraction of sp³-hybridized carbons (Fsp3) is 0.611. The van der Waals surface area contributed by atoms with Gasteiger partial charge < -0.3 is 9.64 Å². The molecule has 1 fully saturated rings. The highest BCUT2D eigenvalue weighted by atomic mass is 35.5. The Balaban J connectivity index is 2.19. The van der Waals surface area contributed by atoms with Crippen LogP contribution in [-0.2, 0) is 4.74 Å². The minimum Gasteiger partial charge on any atom is -0.481 e. The van der Waals surface area contributed by atoms with Gasteiger partial charge in [0, 0.05) is 30.2 Å². The lowest BCUT2D eigenvalue weighted by molar-refractivity contribution is 0.304. The molecule has 1 aliphatic rings. The number of ether oxygens (including phenoxy) is 1. The fourth-order valence-electron chi connectivity index (χ4n) is 3.11. The van der Waals surface area contributed by atoms with Gasteiger partial charge in [-0.25, -0.2) is 4.39 Å². The summed E-state index contributed by atoms with van der Waals surface area (Å²) in [5.74, 6) is 0.0204. The van der Waals surface area contributed by atoms with Crippen LogP contribution >= 0.6 is 11.6 Å². The van der Waals surface area contributed by atoms with Crippen molar-refractivity contribution in [3.05, 3.63) is 29.6 Å². The maximum Gasteiger partial charge on any atom is 0.188 e. The number of benzene rings is 1. The number of hydrogen-bond donors (Lipinski definition) is 1. The first-order chi connectivity index (χ1) is 11.2. The van der Waals surface area contributed by atoms with Crippen molar-refractivity contribution < 1.29 is 9.13 Å². The smallest absolute Gasteiger partial charge is 0.188 e. The molecule has 1 atom stereocenters. The maximum absolute atomic E-state index is 14.7. The van der Waals surface area contributed by atoms with Gasteiger partial charge in [0.25, 0.3) is 0 Å². The summed E-state index contributed by atoms with van der Waals surface area (Å²) in [6.45, 7) is 4.24. The molecule has 1 aromatic carbocycles. The van der Waals surface area contributed by atoms with Gasteiger partial charge in [-0.1, -0.05) is 6.07 Å². The molecule has 0 aliphatic carbocycles. The third kappa shape index (κ3) is 4.84. The van der Waals surface area contributed by atoms with Gasteiger partial charge in [0.2, 0.25) is 0 Å². The van der Waals surface area contributed by atoms with Crippen molar-refractivity contribution in [2.45, 2.75) is 44.9 Å². The minimum absolute atomic E-state index is 0.127. The molecule has 0 aromatic heterocycles. The molecule has 0 amide bonds. The van der Waals surface area contributed by atoms with E-state index < -0.39 is 0 Å². The highest BCUT2D eigenvalue weighted by Crippen LogP contribution is 2.30. The Labute approximate surface area is 143 Å². The third-order valence-electron chi connectivity index (χ3n) is 4.32. The number of piperidine rings is 1. The summed E-state index contributed by atoms with van der Waals surface area (Å²) >= 11 is 5.77. The molecule has 23 heavy (non-hydrogen) atoms. The zero-order valence-corrected chi connectivity index (χ0v) is 14.5. The standard InChI is InChI=1S/C18H26ClFN2O/c1-2-23-18(21)16(7-6-10-19)15-9-8-14(13-17(15)20)22-11-4-3-5-12-22/h8-9,13,16,21H,2-7,10-12H2,1H3. The second-order valence-electron chi connectivity index (χ2n) is 5.93. The summed E-state index contributed by atoms with van der Waals surface area (Å²) in [6, 6.07) is 5.38. The van der Waals surface area contributed by atoms with Crippen molar-refractivity contribution in [1.82, 2.24) is 0 Å². The number of anilines is 1. The van der Waals surface area contributed by atoms with Gasteiger partial charge in [0.1, 0.15) is 5.82 Å². The predicted molar refractivity (Wildman–Crippen MR) is 94.5 cm³/mol. The van der Waals surface area contributed by atoms with Crippen LogP contribution in [0.25, 0.3) is 0 Å². The third-order valence-corrected chi connectivity index (χ3v) is 4.59. The van der Waals surface area contributed by atoms with Crippen LogP contribution in [0.2, 0.25) is 0 Å². The van der Waals surface area contributed by atoms with Crippen molar-refractivity contribution in [2.24, 2.45) is 0 Å². The van der Waals surface area contributed by atoms with Crippen LogP contribution in [0.3, 0.4) is 0 Å². The van der Waals surface area contributed by atoms with E-state index in [9.17, 15) is 4.39 Å². The number of hydrogen-bond acceptors (Lipinski definition) is 3. The second-order valence-corrected chi connectivity index (χ2v) is 6.31. The molecule has 0 spiro atoms. The van der Waals surface area contributed by atoms with Crippen LogP contribution in [-0.4, -0.2) is 31.5 Å². The Kier molecular flexibility index (Phi) is 7.15. The van der Waals surface area contributed by atoms with E-state index in [1.165, 1.54) is 6.42 Å². The van der Waals surface area contributed by atoms with Crippen LogP contribution in [0, 0.1) is 11.2 Å². The first kappa shape index (κ1) is 18.1. The number of halogens is 2.